The molecule has 6 nitrogen and oxygen atoms in total. The van der Waals surface area contributed by atoms with Gasteiger partial charge in [-0.3, -0.25) is 19.1 Å². The topological polar surface area (TPSA) is 69.3 Å². The molecule has 0 unspecified atom stereocenters. The molecule has 1 amide bonds. The zero-order valence-corrected chi connectivity index (χ0v) is 27.0. The molecule has 1 aromatic heterocycles. The number of benzene rings is 4. The molecule has 2 heterocycles. The molecule has 0 radical (unpaired) electrons. The van der Waals surface area contributed by atoms with Crippen LogP contribution in [0.2, 0.25) is 5.02 Å². The minimum absolute atomic E-state index is 0.0222. The fraction of sp³-hybridized carbons (Fsp3) is 0.162. The Kier molecular flexibility index (Phi) is 9.64. The van der Waals surface area contributed by atoms with Gasteiger partial charge in [-0.1, -0.05) is 103 Å². The first-order valence-electron chi connectivity index (χ1n) is 15.1. The largest absolute Gasteiger partial charge is 0.418 e. The van der Waals surface area contributed by atoms with Crippen molar-refractivity contribution in [3.8, 4) is 11.8 Å². The van der Waals surface area contributed by atoms with Gasteiger partial charge in [0.25, 0.3) is 11.5 Å². The molecule has 5 aromatic rings. The number of rotatable bonds is 6. The zero-order valence-electron chi connectivity index (χ0n) is 25.4. The molecule has 0 spiro atoms. The number of nitriles is 1. The molecule has 6 rings (SSSR count). The molecule has 1 aliphatic rings. The lowest BCUT2D eigenvalue weighted by Crippen LogP contribution is -2.50. The molecule has 0 bridgehead atoms. The lowest BCUT2D eigenvalue weighted by atomic mass is 9.96. The van der Waals surface area contributed by atoms with Gasteiger partial charge in [0.05, 0.1) is 21.8 Å². The molecule has 4 aromatic carbocycles. The zero-order chi connectivity index (χ0) is 33.8. The van der Waals surface area contributed by atoms with E-state index >= 15 is 0 Å². The van der Waals surface area contributed by atoms with Crippen molar-refractivity contribution < 1.29 is 18.0 Å². The van der Waals surface area contributed by atoms with Crippen LogP contribution >= 0.6 is 22.9 Å². The molecule has 1 fully saturated rings. The van der Waals surface area contributed by atoms with Gasteiger partial charge in [-0.25, -0.2) is 0 Å². The van der Waals surface area contributed by atoms with Gasteiger partial charge in [0.15, 0.2) is 5.57 Å². The number of hydrogen-bond acceptors (Lipinski definition) is 5. The molecule has 242 valence electrons. The number of piperazine rings is 1. The highest BCUT2D eigenvalue weighted by molar-refractivity contribution is 7.07. The highest BCUT2D eigenvalue weighted by Crippen LogP contribution is 2.33. The lowest BCUT2D eigenvalue weighted by molar-refractivity contribution is -0.137. The number of nitrogens with zero attached hydrogens (tertiary/aromatic N) is 4. The standard InChI is InChI=1S/C37H28ClF3N4O2S/c38-30-17-9-7-15-27(30)23-32-35(47)45(31-18-10-8-16-29(31)37(39,40)41)36(48-32)28(24-42)34(46)44-21-19-43(20-22-44)33(25-11-3-1-4-12-25)26-13-5-2-6-14-26/h1-18,23,33H,19-22H2/b32-23-,36-28-. The molecular weight excluding hydrogens is 657 g/mol. The van der Waals surface area contributed by atoms with E-state index < -0.39 is 34.5 Å². The summed E-state index contributed by atoms with van der Waals surface area (Å²) in [5.41, 5.74) is -0.0927. The maximum Gasteiger partial charge on any atom is 0.418 e. The van der Waals surface area contributed by atoms with E-state index in [1.807, 2.05) is 42.5 Å². The van der Waals surface area contributed by atoms with Crippen molar-refractivity contribution in [3.05, 3.63) is 156 Å². The van der Waals surface area contributed by atoms with E-state index in [9.17, 15) is 28.0 Å². The molecule has 0 aliphatic carbocycles. The Balaban J connectivity index is 1.42. The van der Waals surface area contributed by atoms with Crippen LogP contribution in [-0.4, -0.2) is 46.5 Å². The highest BCUT2D eigenvalue weighted by Gasteiger charge is 2.35. The summed E-state index contributed by atoms with van der Waals surface area (Å²) in [5, 5.41) is 10.7. The van der Waals surface area contributed by atoms with E-state index in [0.29, 0.717) is 23.7 Å². The van der Waals surface area contributed by atoms with Crippen LogP contribution in [0.1, 0.15) is 28.3 Å². The molecule has 0 atom stereocenters. The minimum Gasteiger partial charge on any atom is -0.335 e. The third kappa shape index (κ3) is 6.71. The first-order valence-corrected chi connectivity index (χ1v) is 16.3. The van der Waals surface area contributed by atoms with Crippen LogP contribution in [-0.2, 0) is 11.0 Å². The van der Waals surface area contributed by atoms with E-state index in [2.05, 4.69) is 29.2 Å². The van der Waals surface area contributed by atoms with Crippen molar-refractivity contribution in [3.63, 3.8) is 0 Å². The van der Waals surface area contributed by atoms with Crippen LogP contribution in [0.5, 0.6) is 0 Å². The van der Waals surface area contributed by atoms with Gasteiger partial charge < -0.3 is 4.90 Å². The number of thiazole rings is 1. The number of alkyl halides is 3. The second-order valence-corrected chi connectivity index (χ2v) is 12.6. The van der Waals surface area contributed by atoms with Gasteiger partial charge in [0, 0.05) is 31.2 Å². The first kappa shape index (κ1) is 33.0. The molecule has 0 saturated carbocycles. The van der Waals surface area contributed by atoms with Gasteiger partial charge in [-0.05, 0) is 41.0 Å². The second-order valence-electron chi connectivity index (χ2n) is 11.1. The van der Waals surface area contributed by atoms with Crippen molar-refractivity contribution in [1.29, 1.82) is 5.26 Å². The molecule has 48 heavy (non-hydrogen) atoms. The number of carbonyl (C=O) groups is 1. The lowest BCUT2D eigenvalue weighted by Gasteiger charge is -2.39. The van der Waals surface area contributed by atoms with Crippen LogP contribution in [0.3, 0.4) is 0 Å². The van der Waals surface area contributed by atoms with Crippen LogP contribution < -0.4 is 14.8 Å². The second kappa shape index (κ2) is 14.0. The Labute approximate surface area is 283 Å². The SMILES string of the molecule is N#C/C(C(=O)N1CCN(C(c2ccccc2)c2ccccc2)CC1)=c1/s/c(=C\c2ccccc2Cl)c(=O)n1-c1ccccc1C(F)(F)F. The summed E-state index contributed by atoms with van der Waals surface area (Å²) in [7, 11) is 0. The van der Waals surface area contributed by atoms with Crippen molar-refractivity contribution in [2.75, 3.05) is 26.2 Å². The highest BCUT2D eigenvalue weighted by atomic mass is 35.5. The third-order valence-electron chi connectivity index (χ3n) is 8.20. The monoisotopic (exact) mass is 684 g/mol. The van der Waals surface area contributed by atoms with Crippen LogP contribution in [0.25, 0.3) is 17.3 Å². The summed E-state index contributed by atoms with van der Waals surface area (Å²) in [4.78, 5) is 31.7. The Hall–Kier alpha value is -4.95. The molecule has 1 aliphatic heterocycles. The quantitative estimate of drug-likeness (QED) is 0.220. The normalized spacial score (nSPS) is 15.0. The Morgan fingerprint density at radius 1 is 0.833 bits per heavy atom. The molecule has 0 N–H and O–H groups in total. The number of para-hydroxylation sites is 1. The average Bonchev–Trinajstić information content (AvgIpc) is 3.41. The summed E-state index contributed by atoms with van der Waals surface area (Å²) < 4.78 is 43.2. The molecule has 11 heteroatoms. The first-order chi connectivity index (χ1) is 23.2. The number of halogens is 4. The minimum atomic E-state index is -4.80. The van der Waals surface area contributed by atoms with E-state index in [4.69, 9.17) is 11.6 Å². The smallest absolute Gasteiger partial charge is 0.335 e. The molecule has 1 saturated heterocycles. The van der Waals surface area contributed by atoms with Crippen molar-refractivity contribution >= 4 is 40.5 Å². The average molecular weight is 685 g/mol. The fourth-order valence-corrected chi connectivity index (χ4v) is 7.19. The van der Waals surface area contributed by atoms with Gasteiger partial charge in [-0.2, -0.15) is 18.4 Å². The predicted molar refractivity (Wildman–Crippen MR) is 181 cm³/mol. The van der Waals surface area contributed by atoms with E-state index in [1.165, 1.54) is 23.1 Å². The van der Waals surface area contributed by atoms with E-state index in [1.54, 1.807) is 24.3 Å². The van der Waals surface area contributed by atoms with Gasteiger partial charge in [0.2, 0.25) is 0 Å². The Morgan fingerprint density at radius 2 is 1.40 bits per heavy atom. The maximum atomic E-state index is 14.2. The summed E-state index contributed by atoms with van der Waals surface area (Å²) in [6, 6.07) is 33.2. The number of hydrogen-bond donors (Lipinski definition) is 0. The summed E-state index contributed by atoms with van der Waals surface area (Å²) >= 11 is 7.10. The number of amides is 1. The van der Waals surface area contributed by atoms with Crippen molar-refractivity contribution in [2.45, 2.75) is 12.2 Å². The van der Waals surface area contributed by atoms with Crippen LogP contribution in [0.15, 0.2) is 114 Å². The van der Waals surface area contributed by atoms with Crippen molar-refractivity contribution in [2.24, 2.45) is 0 Å². The fourth-order valence-electron chi connectivity index (χ4n) is 5.92. The van der Waals surface area contributed by atoms with E-state index in [-0.39, 0.29) is 28.3 Å². The van der Waals surface area contributed by atoms with Crippen LogP contribution in [0.4, 0.5) is 13.2 Å². The summed E-state index contributed by atoms with van der Waals surface area (Å²) in [6.45, 7) is 1.51. The Bertz CT molecular complexity index is 2130. The third-order valence-corrected chi connectivity index (χ3v) is 9.64. The maximum absolute atomic E-state index is 14.2. The van der Waals surface area contributed by atoms with Crippen LogP contribution in [0, 0.1) is 11.3 Å². The predicted octanol–water partition coefficient (Wildman–Crippen LogP) is 6.01. The summed E-state index contributed by atoms with van der Waals surface area (Å²) in [6.07, 6.45) is -3.35. The number of aromatic nitrogens is 1. The van der Waals surface area contributed by atoms with Crippen molar-refractivity contribution in [1.82, 2.24) is 14.4 Å². The van der Waals surface area contributed by atoms with Gasteiger partial charge in [0.1, 0.15) is 10.7 Å². The number of carbonyl (C=O) groups excluding carboxylic acids is 1. The molecular formula is C37H28ClF3N4O2S. The summed E-state index contributed by atoms with van der Waals surface area (Å²) in [5.74, 6) is -0.656. The Morgan fingerprint density at radius 3 is 1.98 bits per heavy atom. The van der Waals surface area contributed by atoms with Gasteiger partial charge >= 0.3 is 6.18 Å². The van der Waals surface area contributed by atoms with Gasteiger partial charge in [-0.15, -0.1) is 11.3 Å². The van der Waals surface area contributed by atoms with E-state index in [0.717, 1.165) is 39.2 Å².